The van der Waals surface area contributed by atoms with E-state index in [1.54, 1.807) is 12.1 Å². The first-order valence-corrected chi connectivity index (χ1v) is 22.1. The van der Waals surface area contributed by atoms with Crippen molar-refractivity contribution in [2.45, 2.75) is 64.2 Å². The van der Waals surface area contributed by atoms with Crippen LogP contribution in [0.15, 0.2) is 77.6 Å². The number of para-hydroxylation sites is 1. The van der Waals surface area contributed by atoms with Crippen molar-refractivity contribution >= 4 is 71.7 Å². The molecule has 0 spiro atoms. The fourth-order valence-electron chi connectivity index (χ4n) is 8.20. The molecule has 65 heavy (non-hydrogen) atoms. The molecule has 2 N–H and O–H groups in total. The highest BCUT2D eigenvalue weighted by molar-refractivity contribution is 7.92. The van der Waals surface area contributed by atoms with Gasteiger partial charge in [-0.15, -0.1) is 0 Å². The van der Waals surface area contributed by atoms with E-state index >= 15 is 4.79 Å². The Morgan fingerprint density at radius 2 is 1.63 bits per heavy atom. The second kappa shape index (κ2) is 17.3. The van der Waals surface area contributed by atoms with E-state index in [-0.39, 0.29) is 67.0 Å². The first-order chi connectivity index (χ1) is 30.6. The van der Waals surface area contributed by atoms with Crippen LogP contribution in [0.2, 0.25) is 5.02 Å². The summed E-state index contributed by atoms with van der Waals surface area (Å²) in [5.41, 5.74) is -2.03. The number of carbonyl (C=O) groups is 1. The van der Waals surface area contributed by atoms with E-state index in [4.69, 9.17) is 21.3 Å². The van der Waals surface area contributed by atoms with E-state index in [1.165, 1.54) is 42.5 Å². The Balaban J connectivity index is 1.38. The third kappa shape index (κ3) is 9.46. The molecular weight excluding hydrogens is 911 g/mol. The first-order valence-electron chi connectivity index (χ1n) is 19.8. The summed E-state index contributed by atoms with van der Waals surface area (Å²) in [6.45, 7) is 2.75. The summed E-state index contributed by atoms with van der Waals surface area (Å²) in [7, 11) is -4.10. The van der Waals surface area contributed by atoms with Gasteiger partial charge in [-0.25, -0.2) is 31.0 Å². The molecule has 1 amide bonds. The van der Waals surface area contributed by atoms with Gasteiger partial charge in [-0.05, 0) is 67.9 Å². The average Bonchev–Trinajstić information content (AvgIpc) is 3.74. The quantitative estimate of drug-likeness (QED) is 0.119. The topological polar surface area (TPSA) is 158 Å². The predicted molar refractivity (Wildman–Crippen MR) is 228 cm³/mol. The van der Waals surface area contributed by atoms with Crippen molar-refractivity contribution in [2.75, 3.05) is 29.0 Å². The molecule has 1 aliphatic rings. The number of halogens is 8. The summed E-state index contributed by atoms with van der Waals surface area (Å²) in [6.07, 6.45) is -8.03. The van der Waals surface area contributed by atoms with Crippen LogP contribution in [0.1, 0.15) is 37.0 Å². The van der Waals surface area contributed by atoms with Crippen LogP contribution in [0.25, 0.3) is 38.4 Å². The molecule has 14 nitrogen and oxygen atoms in total. The molecule has 4 aromatic carbocycles. The van der Waals surface area contributed by atoms with Gasteiger partial charge in [0, 0.05) is 36.7 Å². The van der Waals surface area contributed by atoms with Crippen LogP contribution in [0.4, 0.5) is 42.2 Å². The maximum absolute atomic E-state index is 15.1. The average molecular weight is 948 g/mol. The number of anilines is 2. The number of nitrogens with zero attached hydrogens (tertiary/aromatic N) is 7. The predicted octanol–water partition coefficient (Wildman–Crippen LogP) is 7.39. The Labute approximate surface area is 369 Å². The lowest BCUT2D eigenvalue weighted by Crippen LogP contribution is -2.45. The number of sulfonamides is 1. The molecule has 0 radical (unpaired) electrons. The number of alkyl halides is 5. The highest BCUT2D eigenvalue weighted by atomic mass is 35.5. The molecule has 23 heteroatoms. The fraction of sp³-hybridized carbons (Fsp3) is 0.310. The van der Waals surface area contributed by atoms with E-state index in [2.05, 4.69) is 20.2 Å². The molecule has 0 bridgehead atoms. The molecule has 1 aliphatic heterocycles. The van der Waals surface area contributed by atoms with Crippen LogP contribution in [-0.4, -0.2) is 81.4 Å². The lowest BCUT2D eigenvalue weighted by molar-refractivity contribution is -0.140. The van der Waals surface area contributed by atoms with Crippen molar-refractivity contribution in [1.82, 2.24) is 34.4 Å². The zero-order chi connectivity index (χ0) is 46.7. The van der Waals surface area contributed by atoms with E-state index < -0.39 is 82.8 Å². The molecule has 4 heterocycles. The van der Waals surface area contributed by atoms with Gasteiger partial charge in [-0.1, -0.05) is 29.8 Å². The summed E-state index contributed by atoms with van der Waals surface area (Å²) in [4.78, 5) is 36.2. The monoisotopic (exact) mass is 947 g/mol. The van der Waals surface area contributed by atoms with Gasteiger partial charge in [-0.3, -0.25) is 28.2 Å². The Morgan fingerprint density at radius 1 is 0.938 bits per heavy atom. The van der Waals surface area contributed by atoms with Crippen molar-refractivity contribution in [3.05, 3.63) is 117 Å². The summed E-state index contributed by atoms with van der Waals surface area (Å²) < 4.78 is 136. The minimum atomic E-state index is -4.90. The van der Waals surface area contributed by atoms with Crippen molar-refractivity contribution in [3.63, 3.8) is 0 Å². The van der Waals surface area contributed by atoms with Gasteiger partial charge in [0.2, 0.25) is 15.9 Å². The summed E-state index contributed by atoms with van der Waals surface area (Å²) in [5.74, 6) is -3.79. The number of aromatic nitrogens is 6. The maximum atomic E-state index is 15.1. The SMILES string of the molecule is C[C@@H]1CN(c2ccc3c(=O)n(-c4ccc(Cl)c5c(NS(C)(=O)=O)nn(CC(F)F)c45)c([C@H](Cc4cc(F)cc(F)c4)NC(=O)Cn4nc(C(F)(F)F)c5ccccc54)nc3c2)C[C@H](C)O1. The van der Waals surface area contributed by atoms with Crippen LogP contribution in [0.5, 0.6) is 0 Å². The number of ether oxygens (including phenoxy) is 1. The van der Waals surface area contributed by atoms with Crippen molar-refractivity contribution in [3.8, 4) is 5.69 Å². The van der Waals surface area contributed by atoms with Crippen LogP contribution in [-0.2, 0) is 45.2 Å². The fourth-order valence-corrected chi connectivity index (χ4v) is 8.94. The van der Waals surface area contributed by atoms with Gasteiger partial charge in [-0.2, -0.15) is 23.4 Å². The maximum Gasteiger partial charge on any atom is 0.435 e. The Kier molecular flexibility index (Phi) is 12.0. The minimum absolute atomic E-state index is 0.0195. The van der Waals surface area contributed by atoms with Crippen LogP contribution < -0.4 is 20.5 Å². The number of fused-ring (bicyclic) bond motifs is 3. The number of hydrogen-bond donors (Lipinski definition) is 2. The standard InChI is InChI=1S/C42H37ClF7N9O5S/c1-21-17-56(18-22(2)64-21)26-8-9-27-30(16-26)52-40(59(41(27)61)33-11-10-29(43)36-37(33)58(19-34(46)47)54-39(36)55-65(3,62)63)31(14-23-12-24(44)15-25(45)13-23)51-35(60)20-57-32-7-5-4-6-28(32)38(53-57)42(48,49)50/h4-13,15-16,21-22,31,34H,14,17-20H2,1-3H3,(H,51,60)(H,54,55)/t21-,22+,31-/m0/s1. The van der Waals surface area contributed by atoms with Gasteiger partial charge in [0.15, 0.2) is 11.5 Å². The van der Waals surface area contributed by atoms with Gasteiger partial charge < -0.3 is 15.0 Å². The second-order valence-electron chi connectivity index (χ2n) is 15.7. The van der Waals surface area contributed by atoms with Crippen molar-refractivity contribution < 1.29 is 48.7 Å². The van der Waals surface area contributed by atoms with Crippen molar-refractivity contribution in [2.24, 2.45) is 0 Å². The molecule has 0 aliphatic carbocycles. The lowest BCUT2D eigenvalue weighted by Gasteiger charge is -2.37. The molecule has 0 saturated carbocycles. The Bertz CT molecular complexity index is 3150. The molecule has 1 saturated heterocycles. The molecule has 3 aromatic heterocycles. The molecule has 1 fully saturated rings. The largest absolute Gasteiger partial charge is 0.435 e. The molecule has 8 rings (SSSR count). The molecular formula is C42H37ClF7N9O5S. The van der Waals surface area contributed by atoms with Crippen molar-refractivity contribution in [1.29, 1.82) is 0 Å². The summed E-state index contributed by atoms with van der Waals surface area (Å²) in [6, 6.07) is 13.6. The number of hydrogen-bond acceptors (Lipinski definition) is 9. The van der Waals surface area contributed by atoms with Crippen LogP contribution in [0.3, 0.4) is 0 Å². The van der Waals surface area contributed by atoms with Gasteiger partial charge >= 0.3 is 6.18 Å². The number of amides is 1. The molecule has 3 atom stereocenters. The second-order valence-corrected chi connectivity index (χ2v) is 17.8. The molecule has 0 unspecified atom stereocenters. The van der Waals surface area contributed by atoms with E-state index in [1.807, 2.05) is 18.7 Å². The normalized spacial score (nSPS) is 16.5. The summed E-state index contributed by atoms with van der Waals surface area (Å²) in [5, 5.41) is 9.80. The van der Waals surface area contributed by atoms with E-state index in [0.29, 0.717) is 24.8 Å². The zero-order valence-corrected chi connectivity index (χ0v) is 35.9. The van der Waals surface area contributed by atoms with Crippen LogP contribution in [0, 0.1) is 11.6 Å². The smallest absolute Gasteiger partial charge is 0.372 e. The highest BCUT2D eigenvalue weighted by Crippen LogP contribution is 2.37. The Morgan fingerprint density at radius 3 is 2.29 bits per heavy atom. The van der Waals surface area contributed by atoms with Gasteiger partial charge in [0.1, 0.15) is 30.5 Å². The summed E-state index contributed by atoms with van der Waals surface area (Å²) >= 11 is 6.60. The first kappa shape index (κ1) is 45.3. The van der Waals surface area contributed by atoms with E-state index in [9.17, 15) is 43.9 Å². The van der Waals surface area contributed by atoms with Crippen LogP contribution >= 0.6 is 11.6 Å². The lowest BCUT2D eigenvalue weighted by atomic mass is 10.0. The van der Waals surface area contributed by atoms with Gasteiger partial charge in [0.05, 0.1) is 62.5 Å². The number of nitrogens with one attached hydrogen (secondary N) is 2. The molecule has 7 aromatic rings. The number of morpholine rings is 1. The molecule has 342 valence electrons. The number of carbonyl (C=O) groups excluding carboxylic acids is 1. The van der Waals surface area contributed by atoms with Gasteiger partial charge in [0.25, 0.3) is 12.0 Å². The third-order valence-corrected chi connectivity index (χ3v) is 11.4. The third-order valence-electron chi connectivity index (χ3n) is 10.5. The number of rotatable bonds is 12. The van der Waals surface area contributed by atoms with E-state index in [0.717, 1.165) is 32.3 Å². The zero-order valence-electron chi connectivity index (χ0n) is 34.4. The number of benzene rings is 4. The highest BCUT2D eigenvalue weighted by Gasteiger charge is 2.37. The minimum Gasteiger partial charge on any atom is -0.372 e. The Hall–Kier alpha value is -6.26.